The average molecular weight is 345 g/mol. The summed E-state index contributed by atoms with van der Waals surface area (Å²) < 4.78 is 0. The quantitative estimate of drug-likeness (QED) is 0.340. The van der Waals surface area contributed by atoms with Crippen molar-refractivity contribution in [3.63, 3.8) is 0 Å². The third-order valence-corrected chi connectivity index (χ3v) is 6.30. The number of benzene rings is 4. The molecule has 1 heteroatoms. The van der Waals surface area contributed by atoms with E-state index in [0.717, 1.165) is 5.69 Å². The van der Waals surface area contributed by atoms with Crippen LogP contribution in [0.4, 0.5) is 5.69 Å². The number of nitrogen functional groups attached to an aromatic ring is 1. The predicted octanol–water partition coefficient (Wildman–Crippen LogP) is 5.92. The highest BCUT2D eigenvalue weighted by Crippen LogP contribution is 2.63. The Labute approximate surface area is 159 Å². The van der Waals surface area contributed by atoms with Crippen molar-refractivity contribution in [2.75, 3.05) is 5.73 Å². The van der Waals surface area contributed by atoms with Crippen LogP contribution in [0.15, 0.2) is 84.9 Å². The minimum absolute atomic E-state index is 0.277. The molecule has 1 spiro atoms. The second-order valence-electron chi connectivity index (χ2n) is 7.66. The topological polar surface area (TPSA) is 26.0 Å². The van der Waals surface area contributed by atoms with Crippen molar-refractivity contribution in [1.82, 2.24) is 0 Å². The standard InChI is InChI=1S/C26H19N/c1-16-13-14-22-19(15-16)17-7-2-4-9-20(17)26(22)21-10-5-3-8-18(21)25-23(26)11-6-12-24(25)27/h2-15H,27H2,1H3. The summed E-state index contributed by atoms with van der Waals surface area (Å²) in [6, 6.07) is 30.9. The van der Waals surface area contributed by atoms with Crippen molar-refractivity contribution in [3.8, 4) is 22.3 Å². The molecule has 1 unspecified atom stereocenters. The number of hydrogen-bond donors (Lipinski definition) is 1. The Hall–Kier alpha value is -3.32. The molecule has 1 nitrogen and oxygen atoms in total. The van der Waals surface area contributed by atoms with Gasteiger partial charge in [-0.15, -0.1) is 0 Å². The Morgan fingerprint density at radius 3 is 2.04 bits per heavy atom. The zero-order valence-corrected chi connectivity index (χ0v) is 15.2. The van der Waals surface area contributed by atoms with Gasteiger partial charge in [0.2, 0.25) is 0 Å². The lowest BCUT2D eigenvalue weighted by atomic mass is 9.70. The lowest BCUT2D eigenvalue weighted by Gasteiger charge is -2.30. The molecule has 2 aliphatic carbocycles. The lowest BCUT2D eigenvalue weighted by molar-refractivity contribution is 0.793. The summed E-state index contributed by atoms with van der Waals surface area (Å²) in [6.45, 7) is 2.17. The normalized spacial score (nSPS) is 18.1. The maximum atomic E-state index is 6.50. The molecule has 0 heterocycles. The number of rotatable bonds is 0. The fourth-order valence-corrected chi connectivity index (χ4v) is 5.33. The molecule has 0 saturated heterocycles. The van der Waals surface area contributed by atoms with Gasteiger partial charge in [-0.3, -0.25) is 0 Å². The fourth-order valence-electron chi connectivity index (χ4n) is 5.33. The van der Waals surface area contributed by atoms with Crippen molar-refractivity contribution in [1.29, 1.82) is 0 Å². The highest BCUT2D eigenvalue weighted by Gasteiger charge is 2.51. The molecule has 6 rings (SSSR count). The molecule has 2 N–H and O–H groups in total. The Morgan fingerprint density at radius 2 is 1.22 bits per heavy atom. The van der Waals surface area contributed by atoms with Crippen molar-refractivity contribution in [3.05, 3.63) is 113 Å². The van der Waals surface area contributed by atoms with Crippen molar-refractivity contribution in [2.24, 2.45) is 0 Å². The summed E-state index contributed by atoms with van der Waals surface area (Å²) in [4.78, 5) is 0. The van der Waals surface area contributed by atoms with E-state index in [1.165, 1.54) is 50.1 Å². The van der Waals surface area contributed by atoms with Gasteiger partial charge in [-0.1, -0.05) is 84.4 Å². The van der Waals surface area contributed by atoms with Crippen LogP contribution < -0.4 is 5.73 Å². The van der Waals surface area contributed by atoms with Crippen LogP contribution in [-0.4, -0.2) is 0 Å². The summed E-state index contributed by atoms with van der Waals surface area (Å²) in [7, 11) is 0. The van der Waals surface area contributed by atoms with E-state index >= 15 is 0 Å². The van der Waals surface area contributed by atoms with Crippen molar-refractivity contribution >= 4 is 5.69 Å². The van der Waals surface area contributed by atoms with Crippen molar-refractivity contribution in [2.45, 2.75) is 12.3 Å². The molecule has 2 aliphatic rings. The van der Waals surface area contributed by atoms with Crippen LogP contribution in [0.1, 0.15) is 27.8 Å². The molecule has 0 bridgehead atoms. The van der Waals surface area contributed by atoms with E-state index in [-0.39, 0.29) is 5.41 Å². The molecular weight excluding hydrogens is 326 g/mol. The van der Waals surface area contributed by atoms with Crippen LogP contribution >= 0.6 is 0 Å². The summed E-state index contributed by atoms with van der Waals surface area (Å²) in [6.07, 6.45) is 0. The molecule has 128 valence electrons. The third kappa shape index (κ3) is 1.61. The van der Waals surface area contributed by atoms with Crippen LogP contribution in [0, 0.1) is 6.92 Å². The molecule has 4 aromatic rings. The van der Waals surface area contributed by atoms with Crippen LogP contribution in [-0.2, 0) is 5.41 Å². The van der Waals surface area contributed by atoms with Crippen LogP contribution in [0.25, 0.3) is 22.3 Å². The van der Waals surface area contributed by atoms with E-state index in [4.69, 9.17) is 5.73 Å². The summed E-state index contributed by atoms with van der Waals surface area (Å²) in [5, 5.41) is 0. The van der Waals surface area contributed by atoms with Gasteiger partial charge >= 0.3 is 0 Å². The van der Waals surface area contributed by atoms with Gasteiger partial charge in [0, 0.05) is 11.3 Å². The molecule has 0 aromatic heterocycles. The number of aryl methyl sites for hydroxylation is 1. The molecule has 1 atom stereocenters. The maximum absolute atomic E-state index is 6.50. The zero-order chi connectivity index (χ0) is 18.2. The SMILES string of the molecule is Cc1ccc2c(c1)-c1ccccc1C21c2ccccc2-c2c(N)cccc21. The minimum atomic E-state index is -0.277. The molecule has 0 saturated carbocycles. The van der Waals surface area contributed by atoms with E-state index in [2.05, 4.69) is 85.8 Å². The van der Waals surface area contributed by atoms with Gasteiger partial charge in [0.05, 0.1) is 5.41 Å². The summed E-state index contributed by atoms with van der Waals surface area (Å²) >= 11 is 0. The van der Waals surface area contributed by atoms with Gasteiger partial charge in [-0.05, 0) is 51.9 Å². The van der Waals surface area contributed by atoms with E-state index in [9.17, 15) is 0 Å². The van der Waals surface area contributed by atoms with E-state index in [0.29, 0.717) is 0 Å². The molecule has 0 amide bonds. The molecule has 27 heavy (non-hydrogen) atoms. The number of fused-ring (bicyclic) bond motifs is 10. The molecular formula is C26H19N. The maximum Gasteiger partial charge on any atom is 0.0726 e. The van der Waals surface area contributed by atoms with Gasteiger partial charge in [0.25, 0.3) is 0 Å². The van der Waals surface area contributed by atoms with Gasteiger partial charge in [-0.25, -0.2) is 0 Å². The number of anilines is 1. The van der Waals surface area contributed by atoms with Crippen LogP contribution in [0.5, 0.6) is 0 Å². The van der Waals surface area contributed by atoms with Gasteiger partial charge in [0.15, 0.2) is 0 Å². The Kier molecular flexibility index (Phi) is 2.68. The number of hydrogen-bond acceptors (Lipinski definition) is 1. The molecule has 0 radical (unpaired) electrons. The third-order valence-electron chi connectivity index (χ3n) is 6.30. The van der Waals surface area contributed by atoms with Crippen LogP contribution in [0.2, 0.25) is 0 Å². The first-order valence-electron chi connectivity index (χ1n) is 9.43. The van der Waals surface area contributed by atoms with Crippen molar-refractivity contribution < 1.29 is 0 Å². The Morgan fingerprint density at radius 1 is 0.593 bits per heavy atom. The van der Waals surface area contributed by atoms with Crippen LogP contribution in [0.3, 0.4) is 0 Å². The highest BCUT2D eigenvalue weighted by molar-refractivity contribution is 5.98. The first kappa shape index (κ1) is 14.8. The highest BCUT2D eigenvalue weighted by atomic mass is 14.6. The second-order valence-corrected chi connectivity index (χ2v) is 7.66. The Balaban J connectivity index is 1.88. The summed E-state index contributed by atoms with van der Waals surface area (Å²) in [5.41, 5.74) is 18.9. The predicted molar refractivity (Wildman–Crippen MR) is 112 cm³/mol. The van der Waals surface area contributed by atoms with Gasteiger partial charge in [-0.2, -0.15) is 0 Å². The molecule has 0 fully saturated rings. The molecule has 0 aliphatic heterocycles. The number of nitrogens with two attached hydrogens (primary N) is 1. The largest absolute Gasteiger partial charge is 0.398 e. The van der Waals surface area contributed by atoms with Gasteiger partial charge in [0.1, 0.15) is 0 Å². The monoisotopic (exact) mass is 345 g/mol. The first-order chi connectivity index (χ1) is 13.2. The lowest BCUT2D eigenvalue weighted by Crippen LogP contribution is -2.25. The second kappa shape index (κ2) is 4.89. The van der Waals surface area contributed by atoms with E-state index in [1.807, 2.05) is 6.07 Å². The summed E-state index contributed by atoms with van der Waals surface area (Å²) in [5.74, 6) is 0. The first-order valence-corrected chi connectivity index (χ1v) is 9.43. The Bertz CT molecular complexity index is 1250. The average Bonchev–Trinajstić information content (AvgIpc) is 3.16. The molecule has 4 aromatic carbocycles. The van der Waals surface area contributed by atoms with E-state index < -0.39 is 0 Å². The smallest absolute Gasteiger partial charge is 0.0726 e. The zero-order valence-electron chi connectivity index (χ0n) is 15.2. The van der Waals surface area contributed by atoms with Gasteiger partial charge < -0.3 is 5.73 Å². The fraction of sp³-hybridized carbons (Fsp3) is 0.0769. The minimum Gasteiger partial charge on any atom is -0.398 e. The van der Waals surface area contributed by atoms with E-state index in [1.54, 1.807) is 0 Å².